The van der Waals surface area contributed by atoms with Crippen LogP contribution in [0.2, 0.25) is 0 Å². The molecule has 0 aliphatic heterocycles. The zero-order valence-electron chi connectivity index (χ0n) is 21.7. The zero-order valence-corrected chi connectivity index (χ0v) is 21.7. The van der Waals surface area contributed by atoms with Crippen LogP contribution >= 0.6 is 0 Å². The molecule has 0 aliphatic rings. The Hall–Kier alpha value is -3.72. The number of rotatable bonds is 9. The van der Waals surface area contributed by atoms with E-state index in [9.17, 15) is 14.8 Å². The van der Waals surface area contributed by atoms with Crippen LogP contribution in [0.25, 0.3) is 11.1 Å². The number of hydroxylamine groups is 3. The molecule has 0 saturated carbocycles. The minimum Gasteiger partial charge on any atom is -0.493 e. The van der Waals surface area contributed by atoms with Gasteiger partial charge in [0.05, 0.1) is 12.7 Å². The van der Waals surface area contributed by atoms with Gasteiger partial charge in [0.1, 0.15) is 20.7 Å². The number of anilines is 1. The van der Waals surface area contributed by atoms with E-state index >= 15 is 0 Å². The topological polar surface area (TPSA) is 88.1 Å². The van der Waals surface area contributed by atoms with Crippen molar-refractivity contribution in [3.05, 3.63) is 77.4 Å². The van der Waals surface area contributed by atoms with Gasteiger partial charge in [0.2, 0.25) is 0 Å². The minimum absolute atomic E-state index is 0.244. The first-order valence-corrected chi connectivity index (χ1v) is 11.6. The van der Waals surface area contributed by atoms with Crippen LogP contribution in [-0.4, -0.2) is 75.0 Å². The third kappa shape index (κ3) is 6.69. The van der Waals surface area contributed by atoms with E-state index in [1.807, 2.05) is 44.1 Å². The molecule has 3 aromatic rings. The predicted octanol–water partition coefficient (Wildman–Crippen LogP) is 4.47. The maximum atomic E-state index is 12.9. The van der Waals surface area contributed by atoms with Crippen LogP contribution in [0.5, 0.6) is 11.5 Å². The van der Waals surface area contributed by atoms with Crippen molar-refractivity contribution in [3.63, 3.8) is 0 Å². The summed E-state index contributed by atoms with van der Waals surface area (Å²) in [5.41, 5.74) is 4.30. The molecule has 36 heavy (non-hydrogen) atoms. The van der Waals surface area contributed by atoms with Crippen LogP contribution in [0.3, 0.4) is 0 Å². The van der Waals surface area contributed by atoms with Crippen molar-refractivity contribution in [3.8, 4) is 22.6 Å². The third-order valence-corrected chi connectivity index (χ3v) is 5.65. The number of carbonyl (C=O) groups excluding carboxylic acids is 2. The second-order valence-electron chi connectivity index (χ2n) is 9.28. The average molecular weight is 493 g/mol. The van der Waals surface area contributed by atoms with Crippen molar-refractivity contribution < 1.29 is 28.9 Å². The Morgan fingerprint density at radius 3 is 2.19 bits per heavy atom. The van der Waals surface area contributed by atoms with E-state index in [1.54, 1.807) is 49.6 Å². The Labute approximate surface area is 212 Å². The number of methoxy groups -OCH3 is 1. The number of nitrogens with one attached hydrogen (secondary N) is 1. The molecule has 0 aromatic heterocycles. The Balaban J connectivity index is 1.73. The van der Waals surface area contributed by atoms with Crippen molar-refractivity contribution >= 4 is 17.5 Å². The summed E-state index contributed by atoms with van der Waals surface area (Å²) in [6, 6.07) is 17.8. The average Bonchev–Trinajstić information content (AvgIpc) is 2.83. The van der Waals surface area contributed by atoms with Gasteiger partial charge in [-0.2, -0.15) is 0 Å². The van der Waals surface area contributed by atoms with Crippen molar-refractivity contribution in [2.75, 3.05) is 53.8 Å². The molecule has 8 nitrogen and oxygen atoms in total. The number of hydrogen-bond donors (Lipinski definition) is 2. The SMILES string of the molecule is COc1ccc(NC(=O)c2ccc(-c3ccc(C(=O)[N+](C)(C)O)cc3C)cc2)cc1OCCN(C)C. The molecule has 3 rings (SSSR count). The van der Waals surface area contributed by atoms with Crippen LogP contribution in [0.1, 0.15) is 26.3 Å². The van der Waals surface area contributed by atoms with E-state index in [2.05, 4.69) is 5.32 Å². The first-order valence-electron chi connectivity index (χ1n) is 11.6. The molecule has 0 radical (unpaired) electrons. The van der Waals surface area contributed by atoms with Crippen molar-refractivity contribution in [2.45, 2.75) is 6.92 Å². The number of ether oxygens (including phenoxy) is 2. The molecule has 0 fully saturated rings. The van der Waals surface area contributed by atoms with E-state index < -0.39 is 4.65 Å². The molecule has 0 atom stereocenters. The summed E-state index contributed by atoms with van der Waals surface area (Å²) >= 11 is 0. The Kier molecular flexibility index (Phi) is 8.47. The molecule has 0 aliphatic carbocycles. The van der Waals surface area contributed by atoms with Crippen LogP contribution in [0.15, 0.2) is 60.7 Å². The lowest BCUT2D eigenvalue weighted by Gasteiger charge is -2.17. The largest absolute Gasteiger partial charge is 0.493 e. The van der Waals surface area contributed by atoms with Gasteiger partial charge in [-0.05, 0) is 74.1 Å². The normalized spacial score (nSPS) is 11.3. The zero-order chi connectivity index (χ0) is 26.5. The molecule has 8 heteroatoms. The Bertz CT molecular complexity index is 1230. The first-order chi connectivity index (χ1) is 17.0. The molecule has 0 unspecified atom stereocenters. The van der Waals surface area contributed by atoms with Gasteiger partial charge < -0.3 is 19.7 Å². The summed E-state index contributed by atoms with van der Waals surface area (Å²) < 4.78 is 10.4. The summed E-state index contributed by atoms with van der Waals surface area (Å²) in [5.74, 6) is 0.530. The fourth-order valence-electron chi connectivity index (χ4n) is 3.65. The number of likely N-dealkylation sites (N-methyl/N-ethyl adjacent to an activating group) is 1. The number of quaternary nitrogens is 1. The number of aryl methyl sites for hydroxylation is 1. The van der Waals surface area contributed by atoms with Gasteiger partial charge in [-0.1, -0.05) is 18.2 Å². The van der Waals surface area contributed by atoms with E-state index in [-0.39, 0.29) is 11.8 Å². The molecule has 2 amide bonds. The summed E-state index contributed by atoms with van der Waals surface area (Å²) in [7, 11) is 8.35. The minimum atomic E-state index is -0.763. The quantitative estimate of drug-likeness (QED) is 0.260. The first kappa shape index (κ1) is 26.9. The maximum absolute atomic E-state index is 12.9. The fraction of sp³-hybridized carbons (Fsp3) is 0.286. The van der Waals surface area contributed by atoms with Gasteiger partial charge in [-0.25, -0.2) is 10.0 Å². The van der Waals surface area contributed by atoms with Gasteiger partial charge in [-0.15, -0.1) is 4.65 Å². The lowest BCUT2D eigenvalue weighted by Crippen LogP contribution is -2.41. The molecule has 2 N–H and O–H groups in total. The van der Waals surface area contributed by atoms with Crippen LogP contribution in [-0.2, 0) is 0 Å². The van der Waals surface area contributed by atoms with Gasteiger partial charge in [0.15, 0.2) is 11.5 Å². The van der Waals surface area contributed by atoms with Crippen LogP contribution < -0.4 is 14.8 Å². The summed E-state index contributed by atoms with van der Waals surface area (Å²) in [6.07, 6.45) is 0. The number of hydrogen-bond acceptors (Lipinski definition) is 6. The van der Waals surface area contributed by atoms with Gasteiger partial charge in [0, 0.05) is 23.9 Å². The summed E-state index contributed by atoms with van der Waals surface area (Å²) in [6.45, 7) is 3.16. The molecule has 0 spiro atoms. The van der Waals surface area contributed by atoms with Crippen molar-refractivity contribution in [1.29, 1.82) is 0 Å². The highest BCUT2D eigenvalue weighted by Crippen LogP contribution is 2.31. The number of nitrogens with zero attached hydrogens (tertiary/aromatic N) is 2. The maximum Gasteiger partial charge on any atom is 0.377 e. The number of benzene rings is 3. The predicted molar refractivity (Wildman–Crippen MR) is 140 cm³/mol. The lowest BCUT2D eigenvalue weighted by molar-refractivity contribution is -1.00. The number of amides is 2. The van der Waals surface area contributed by atoms with E-state index in [0.29, 0.717) is 34.9 Å². The van der Waals surface area contributed by atoms with Crippen molar-refractivity contribution in [1.82, 2.24) is 4.90 Å². The van der Waals surface area contributed by atoms with Crippen LogP contribution in [0, 0.1) is 6.92 Å². The van der Waals surface area contributed by atoms with Gasteiger partial charge >= 0.3 is 5.91 Å². The molecular weight excluding hydrogens is 458 g/mol. The Morgan fingerprint density at radius 2 is 1.61 bits per heavy atom. The van der Waals surface area contributed by atoms with Gasteiger partial charge in [-0.3, -0.25) is 4.79 Å². The van der Waals surface area contributed by atoms with E-state index in [4.69, 9.17) is 9.47 Å². The summed E-state index contributed by atoms with van der Waals surface area (Å²) in [4.78, 5) is 27.2. The molecule has 190 valence electrons. The number of carbonyl (C=O) groups is 2. The molecule has 3 aromatic carbocycles. The van der Waals surface area contributed by atoms with Crippen molar-refractivity contribution in [2.24, 2.45) is 0 Å². The fourth-order valence-corrected chi connectivity index (χ4v) is 3.65. The summed E-state index contributed by atoms with van der Waals surface area (Å²) in [5, 5.41) is 12.8. The van der Waals surface area contributed by atoms with Crippen LogP contribution in [0.4, 0.5) is 5.69 Å². The van der Waals surface area contributed by atoms with E-state index in [0.717, 1.165) is 23.2 Å². The van der Waals surface area contributed by atoms with Gasteiger partial charge in [0.25, 0.3) is 5.91 Å². The molecule has 0 saturated heterocycles. The highest BCUT2D eigenvalue weighted by Gasteiger charge is 2.26. The smallest absolute Gasteiger partial charge is 0.377 e. The third-order valence-electron chi connectivity index (χ3n) is 5.65. The van der Waals surface area contributed by atoms with E-state index in [1.165, 1.54) is 14.1 Å². The molecular formula is C28H34N3O5+. The molecule has 0 heterocycles. The highest BCUT2D eigenvalue weighted by molar-refractivity contribution is 6.04. The standard InChI is InChI=1S/C28H33N3O5/c1-19-17-22(28(33)31(4,5)34)11-13-24(19)20-7-9-21(10-8-20)27(32)29-23-12-14-25(35-6)26(18-23)36-16-15-30(2)3/h7-14,17-18,34H,15-16H2,1-6H3/p+1. The highest BCUT2D eigenvalue weighted by atomic mass is 16.6. The Morgan fingerprint density at radius 1 is 0.944 bits per heavy atom. The lowest BCUT2D eigenvalue weighted by atomic mass is 9.97. The monoisotopic (exact) mass is 492 g/mol. The second-order valence-corrected chi connectivity index (χ2v) is 9.28. The molecule has 0 bridgehead atoms. The second kappa shape index (κ2) is 11.3.